The van der Waals surface area contributed by atoms with Gasteiger partial charge in [-0.25, -0.2) is 4.98 Å². The minimum absolute atomic E-state index is 0.193. The third kappa shape index (κ3) is 1.99. The van der Waals surface area contributed by atoms with Gasteiger partial charge >= 0.3 is 0 Å². The zero-order valence-corrected chi connectivity index (χ0v) is 11.8. The number of ether oxygens (including phenoxy) is 1. The van der Waals surface area contributed by atoms with Gasteiger partial charge in [0.05, 0.1) is 5.69 Å². The molecule has 1 aliphatic carbocycles. The van der Waals surface area contributed by atoms with Crippen molar-refractivity contribution in [1.29, 1.82) is 0 Å². The standard InChI is InChI=1S/C15H15N3OS/c16-14-4-1-10-7-12(2-3-13(10)14)19-9-11-8-18-5-6-20-15(18)17-11/h2-3,5-8,14H,1,4,9,16H2. The fourth-order valence-electron chi connectivity index (χ4n) is 2.72. The molecule has 2 heterocycles. The predicted octanol–water partition coefficient (Wildman–Crippen LogP) is 2.92. The van der Waals surface area contributed by atoms with Gasteiger partial charge in [0.15, 0.2) is 4.96 Å². The minimum atomic E-state index is 0.193. The quantitative estimate of drug-likeness (QED) is 0.805. The third-order valence-corrected chi connectivity index (χ3v) is 4.54. The molecule has 1 atom stereocenters. The lowest BCUT2D eigenvalue weighted by Gasteiger charge is -2.08. The molecule has 2 aromatic heterocycles. The van der Waals surface area contributed by atoms with Crippen LogP contribution in [0.1, 0.15) is 29.3 Å². The van der Waals surface area contributed by atoms with Crippen LogP contribution in [0.2, 0.25) is 0 Å². The Kier molecular flexibility index (Phi) is 2.75. The molecular formula is C15H15N3OS. The van der Waals surface area contributed by atoms with Crippen LogP contribution in [0, 0.1) is 0 Å². The molecule has 102 valence electrons. The Labute approximate surface area is 120 Å². The molecule has 0 spiro atoms. The summed E-state index contributed by atoms with van der Waals surface area (Å²) in [6.45, 7) is 0.499. The highest BCUT2D eigenvalue weighted by Gasteiger charge is 2.19. The molecule has 1 unspecified atom stereocenters. The van der Waals surface area contributed by atoms with Crippen molar-refractivity contribution in [2.75, 3.05) is 0 Å². The molecule has 0 amide bonds. The highest BCUT2D eigenvalue weighted by atomic mass is 32.1. The number of hydrogen-bond acceptors (Lipinski definition) is 4. The maximum atomic E-state index is 6.04. The Morgan fingerprint density at radius 2 is 2.40 bits per heavy atom. The number of fused-ring (bicyclic) bond motifs is 2. The van der Waals surface area contributed by atoms with E-state index in [1.54, 1.807) is 11.3 Å². The van der Waals surface area contributed by atoms with Crippen molar-refractivity contribution in [1.82, 2.24) is 9.38 Å². The van der Waals surface area contributed by atoms with Crippen molar-refractivity contribution in [3.63, 3.8) is 0 Å². The zero-order valence-electron chi connectivity index (χ0n) is 11.0. The third-order valence-electron chi connectivity index (χ3n) is 3.77. The van der Waals surface area contributed by atoms with E-state index < -0.39 is 0 Å². The normalized spacial score (nSPS) is 17.6. The van der Waals surface area contributed by atoms with Gasteiger partial charge in [-0.1, -0.05) is 6.07 Å². The second-order valence-electron chi connectivity index (χ2n) is 5.12. The van der Waals surface area contributed by atoms with Crippen molar-refractivity contribution in [3.8, 4) is 5.75 Å². The van der Waals surface area contributed by atoms with Crippen LogP contribution in [0.3, 0.4) is 0 Å². The van der Waals surface area contributed by atoms with Crippen LogP contribution in [0.15, 0.2) is 36.0 Å². The van der Waals surface area contributed by atoms with E-state index in [0.717, 1.165) is 29.2 Å². The van der Waals surface area contributed by atoms with Gasteiger partial charge in [0.1, 0.15) is 12.4 Å². The van der Waals surface area contributed by atoms with Crippen molar-refractivity contribution in [2.24, 2.45) is 5.73 Å². The molecule has 5 heteroatoms. The summed E-state index contributed by atoms with van der Waals surface area (Å²) in [5, 5.41) is 2.02. The number of benzene rings is 1. The summed E-state index contributed by atoms with van der Waals surface area (Å²) in [4.78, 5) is 5.51. The molecule has 4 rings (SSSR count). The number of nitrogens with zero attached hydrogens (tertiary/aromatic N) is 2. The van der Waals surface area contributed by atoms with Crippen LogP contribution in [0.25, 0.3) is 4.96 Å². The van der Waals surface area contributed by atoms with Gasteiger partial charge in [0, 0.05) is 23.8 Å². The Morgan fingerprint density at radius 1 is 1.45 bits per heavy atom. The van der Waals surface area contributed by atoms with Crippen LogP contribution in [-0.4, -0.2) is 9.38 Å². The molecule has 20 heavy (non-hydrogen) atoms. The Bertz CT molecular complexity index is 733. The fraction of sp³-hybridized carbons (Fsp3) is 0.267. The summed E-state index contributed by atoms with van der Waals surface area (Å²) in [5.41, 5.74) is 9.58. The number of thiazole rings is 1. The Morgan fingerprint density at radius 3 is 3.30 bits per heavy atom. The lowest BCUT2D eigenvalue weighted by atomic mass is 10.1. The van der Waals surface area contributed by atoms with E-state index >= 15 is 0 Å². The smallest absolute Gasteiger partial charge is 0.193 e. The van der Waals surface area contributed by atoms with E-state index in [9.17, 15) is 0 Å². The highest BCUT2D eigenvalue weighted by Crippen LogP contribution is 2.32. The molecule has 0 fully saturated rings. The van der Waals surface area contributed by atoms with Crippen molar-refractivity contribution < 1.29 is 4.74 Å². The molecule has 4 nitrogen and oxygen atoms in total. The number of aromatic nitrogens is 2. The predicted molar refractivity (Wildman–Crippen MR) is 79.1 cm³/mol. The van der Waals surface area contributed by atoms with Gasteiger partial charge in [0.25, 0.3) is 0 Å². The highest BCUT2D eigenvalue weighted by molar-refractivity contribution is 7.15. The largest absolute Gasteiger partial charge is 0.487 e. The summed E-state index contributed by atoms with van der Waals surface area (Å²) < 4.78 is 7.86. The van der Waals surface area contributed by atoms with E-state index in [1.807, 2.05) is 28.2 Å². The number of hydrogen-bond donors (Lipinski definition) is 1. The van der Waals surface area contributed by atoms with Crippen LogP contribution in [0.4, 0.5) is 0 Å². The zero-order chi connectivity index (χ0) is 13.5. The number of aryl methyl sites for hydroxylation is 1. The van der Waals surface area contributed by atoms with Crippen LogP contribution >= 0.6 is 11.3 Å². The van der Waals surface area contributed by atoms with Gasteiger partial charge in [-0.3, -0.25) is 4.40 Å². The van der Waals surface area contributed by atoms with Crippen molar-refractivity contribution in [2.45, 2.75) is 25.5 Å². The SMILES string of the molecule is NC1CCc2cc(OCc3cn4ccsc4n3)ccc21. The molecule has 1 aromatic carbocycles. The first-order chi connectivity index (χ1) is 9.79. The first-order valence-electron chi connectivity index (χ1n) is 6.72. The van der Waals surface area contributed by atoms with Gasteiger partial charge < -0.3 is 10.5 Å². The first kappa shape index (κ1) is 11.9. The number of rotatable bonds is 3. The van der Waals surface area contributed by atoms with Crippen molar-refractivity contribution in [3.05, 3.63) is 52.8 Å². The summed E-state index contributed by atoms with van der Waals surface area (Å²) in [5.74, 6) is 0.897. The molecule has 0 saturated heterocycles. The maximum absolute atomic E-state index is 6.04. The molecule has 0 radical (unpaired) electrons. The monoisotopic (exact) mass is 285 g/mol. The van der Waals surface area contributed by atoms with Crippen LogP contribution < -0.4 is 10.5 Å². The average Bonchev–Trinajstić information content (AvgIpc) is 3.11. The number of imidazole rings is 1. The molecule has 0 saturated carbocycles. The summed E-state index contributed by atoms with van der Waals surface area (Å²) in [7, 11) is 0. The second-order valence-corrected chi connectivity index (χ2v) is 5.99. The molecule has 0 bridgehead atoms. The lowest BCUT2D eigenvalue weighted by molar-refractivity contribution is 0.302. The summed E-state index contributed by atoms with van der Waals surface area (Å²) in [6, 6.07) is 6.40. The van der Waals surface area contributed by atoms with E-state index in [-0.39, 0.29) is 6.04 Å². The van der Waals surface area contributed by atoms with Gasteiger partial charge in [-0.2, -0.15) is 0 Å². The van der Waals surface area contributed by atoms with E-state index in [1.165, 1.54) is 11.1 Å². The molecule has 0 aliphatic heterocycles. The Balaban J connectivity index is 1.50. The topological polar surface area (TPSA) is 52.5 Å². The lowest BCUT2D eigenvalue weighted by Crippen LogP contribution is -2.05. The maximum Gasteiger partial charge on any atom is 0.193 e. The molecular weight excluding hydrogens is 270 g/mol. The fourth-order valence-corrected chi connectivity index (χ4v) is 3.44. The van der Waals surface area contributed by atoms with E-state index in [4.69, 9.17) is 10.5 Å². The van der Waals surface area contributed by atoms with Crippen molar-refractivity contribution >= 4 is 16.3 Å². The summed E-state index contributed by atoms with van der Waals surface area (Å²) in [6.07, 6.45) is 6.10. The first-order valence-corrected chi connectivity index (χ1v) is 7.60. The molecule has 2 N–H and O–H groups in total. The molecule has 1 aliphatic rings. The van der Waals surface area contributed by atoms with Gasteiger partial charge in [-0.05, 0) is 36.1 Å². The average molecular weight is 285 g/mol. The van der Waals surface area contributed by atoms with Gasteiger partial charge in [0.2, 0.25) is 0 Å². The second kappa shape index (κ2) is 4.61. The van der Waals surface area contributed by atoms with E-state index in [0.29, 0.717) is 6.61 Å². The Hall–Kier alpha value is -1.85. The summed E-state index contributed by atoms with van der Waals surface area (Å²) >= 11 is 1.63. The van der Waals surface area contributed by atoms with Crippen LogP contribution in [-0.2, 0) is 13.0 Å². The minimum Gasteiger partial charge on any atom is -0.487 e. The molecule has 3 aromatic rings. The number of nitrogens with two attached hydrogens (primary N) is 1. The van der Waals surface area contributed by atoms with E-state index in [2.05, 4.69) is 17.1 Å². The van der Waals surface area contributed by atoms with Crippen LogP contribution in [0.5, 0.6) is 5.75 Å². The van der Waals surface area contributed by atoms with Gasteiger partial charge in [-0.15, -0.1) is 11.3 Å².